The Balaban J connectivity index is 1.38. The number of hydrogen-bond donors (Lipinski definition) is 1. The second-order valence-corrected chi connectivity index (χ2v) is 8.97. The Morgan fingerprint density at radius 2 is 1.94 bits per heavy atom. The van der Waals surface area contributed by atoms with Gasteiger partial charge in [-0.1, -0.05) is 53.6 Å². The summed E-state index contributed by atoms with van der Waals surface area (Å²) in [4.78, 5) is 4.66. The van der Waals surface area contributed by atoms with Gasteiger partial charge in [-0.2, -0.15) is 0 Å². The van der Waals surface area contributed by atoms with Crippen LogP contribution >= 0.6 is 11.6 Å². The first-order chi connectivity index (χ1) is 15.6. The number of hydrogen-bond acceptors (Lipinski definition) is 3. The fraction of sp³-hybridized carbons (Fsp3) is 0.250. The van der Waals surface area contributed by atoms with E-state index in [-0.39, 0.29) is 0 Å². The summed E-state index contributed by atoms with van der Waals surface area (Å²) in [6.45, 7) is 4.74. The second kappa shape index (κ2) is 8.84. The van der Waals surface area contributed by atoms with Gasteiger partial charge in [0, 0.05) is 28.4 Å². The molecule has 0 aromatic heterocycles. The van der Waals surface area contributed by atoms with Crippen LogP contribution in [0.4, 0.5) is 11.4 Å². The normalized spacial score (nSPS) is 21.3. The fourth-order valence-electron chi connectivity index (χ4n) is 4.86. The standard InChI is InChI=1S/C28H27ClN2O/c1-3-32-27-14-10-21(29)16-20(27)17-30-22-11-8-19(9-12-22)28-24-6-4-5-23(24)25-15-18(2)7-13-26(25)31-28/h4-5,7-17,23-24,28,31H,3,6H2,1-2H3/t23-,24-,28+/m1/s1. The van der Waals surface area contributed by atoms with Crippen molar-refractivity contribution in [1.82, 2.24) is 0 Å². The summed E-state index contributed by atoms with van der Waals surface area (Å²) >= 11 is 6.17. The van der Waals surface area contributed by atoms with Crippen LogP contribution in [0, 0.1) is 12.8 Å². The Kier molecular flexibility index (Phi) is 5.75. The zero-order chi connectivity index (χ0) is 22.1. The summed E-state index contributed by atoms with van der Waals surface area (Å²) in [6.07, 6.45) is 7.64. The molecule has 0 saturated heterocycles. The fourth-order valence-corrected chi connectivity index (χ4v) is 5.04. The summed E-state index contributed by atoms with van der Waals surface area (Å²) in [6, 6.07) is 21.2. The Bertz CT molecular complexity index is 1180. The van der Waals surface area contributed by atoms with Crippen molar-refractivity contribution in [3.8, 4) is 5.75 Å². The minimum absolute atomic E-state index is 0.292. The molecule has 2 aliphatic rings. The highest BCUT2D eigenvalue weighted by Crippen LogP contribution is 2.50. The van der Waals surface area contributed by atoms with Crippen LogP contribution in [0.1, 0.15) is 47.6 Å². The number of ether oxygens (including phenoxy) is 1. The molecule has 5 rings (SSSR count). The van der Waals surface area contributed by atoms with E-state index >= 15 is 0 Å². The number of nitrogens with zero attached hydrogens (tertiary/aromatic N) is 1. The van der Waals surface area contributed by atoms with Crippen molar-refractivity contribution in [1.29, 1.82) is 0 Å². The van der Waals surface area contributed by atoms with Crippen LogP contribution in [0.5, 0.6) is 5.75 Å². The maximum Gasteiger partial charge on any atom is 0.128 e. The van der Waals surface area contributed by atoms with Gasteiger partial charge in [-0.3, -0.25) is 4.99 Å². The van der Waals surface area contributed by atoms with E-state index < -0.39 is 0 Å². The quantitative estimate of drug-likeness (QED) is 0.325. The number of anilines is 1. The largest absolute Gasteiger partial charge is 0.493 e. The average Bonchev–Trinajstić information content (AvgIpc) is 3.30. The molecule has 4 heteroatoms. The van der Waals surface area contributed by atoms with Crippen LogP contribution in [0.2, 0.25) is 5.02 Å². The Hall–Kier alpha value is -3.04. The van der Waals surface area contributed by atoms with E-state index in [9.17, 15) is 0 Å². The number of nitrogens with one attached hydrogen (secondary N) is 1. The Morgan fingerprint density at radius 1 is 1.09 bits per heavy atom. The predicted octanol–water partition coefficient (Wildman–Crippen LogP) is 7.62. The first kappa shape index (κ1) is 20.8. The lowest BCUT2D eigenvalue weighted by atomic mass is 9.76. The van der Waals surface area contributed by atoms with Crippen LogP contribution in [-0.2, 0) is 0 Å². The SMILES string of the molecule is CCOc1ccc(Cl)cc1C=Nc1ccc([C@@H]2Nc3ccc(C)cc3[C@@H]3C=CC[C@H]32)cc1. The maximum atomic E-state index is 6.17. The first-order valence-corrected chi connectivity index (χ1v) is 11.6. The highest BCUT2D eigenvalue weighted by atomic mass is 35.5. The smallest absolute Gasteiger partial charge is 0.128 e. The molecule has 0 unspecified atom stereocenters. The molecule has 3 aromatic rings. The van der Waals surface area contributed by atoms with E-state index in [1.54, 1.807) is 0 Å². The minimum Gasteiger partial charge on any atom is -0.493 e. The van der Waals surface area contributed by atoms with Crippen molar-refractivity contribution >= 4 is 29.2 Å². The van der Waals surface area contributed by atoms with E-state index in [1.807, 2.05) is 31.3 Å². The monoisotopic (exact) mass is 442 g/mol. The third-order valence-corrected chi connectivity index (χ3v) is 6.63. The number of fused-ring (bicyclic) bond motifs is 3. The third-order valence-electron chi connectivity index (χ3n) is 6.39. The molecule has 1 aliphatic heterocycles. The van der Waals surface area contributed by atoms with Gasteiger partial charge >= 0.3 is 0 Å². The molecule has 162 valence electrons. The van der Waals surface area contributed by atoms with Crippen LogP contribution in [0.15, 0.2) is 77.8 Å². The summed E-state index contributed by atoms with van der Waals surface area (Å²) < 4.78 is 5.69. The number of halogens is 1. The molecule has 3 aromatic carbocycles. The van der Waals surface area contributed by atoms with Gasteiger partial charge in [0.2, 0.25) is 0 Å². The molecule has 3 nitrogen and oxygen atoms in total. The van der Waals surface area contributed by atoms with Crippen LogP contribution in [0.3, 0.4) is 0 Å². The van der Waals surface area contributed by atoms with Gasteiger partial charge in [0.15, 0.2) is 0 Å². The number of benzene rings is 3. The Labute approximate surface area is 194 Å². The van der Waals surface area contributed by atoms with Crippen LogP contribution in [-0.4, -0.2) is 12.8 Å². The summed E-state index contributed by atoms with van der Waals surface area (Å²) in [7, 11) is 0. The molecule has 1 heterocycles. The maximum absolute atomic E-state index is 6.17. The van der Waals surface area contributed by atoms with E-state index in [2.05, 4.69) is 71.8 Å². The van der Waals surface area contributed by atoms with Crippen molar-refractivity contribution in [2.24, 2.45) is 10.9 Å². The molecule has 3 atom stereocenters. The molecule has 0 spiro atoms. The third kappa shape index (κ3) is 4.05. The number of allylic oxidation sites excluding steroid dienone is 2. The lowest BCUT2D eigenvalue weighted by Gasteiger charge is -2.37. The van der Waals surface area contributed by atoms with Gasteiger partial charge in [-0.25, -0.2) is 0 Å². The van der Waals surface area contributed by atoms with Crippen LogP contribution < -0.4 is 10.1 Å². The predicted molar refractivity (Wildman–Crippen MR) is 134 cm³/mol. The van der Waals surface area contributed by atoms with Crippen molar-refractivity contribution in [3.63, 3.8) is 0 Å². The molecular formula is C28H27ClN2O. The molecule has 0 amide bonds. The molecule has 32 heavy (non-hydrogen) atoms. The highest BCUT2D eigenvalue weighted by molar-refractivity contribution is 6.30. The topological polar surface area (TPSA) is 33.6 Å². The summed E-state index contributed by atoms with van der Waals surface area (Å²) in [5.41, 5.74) is 7.07. The Morgan fingerprint density at radius 3 is 2.75 bits per heavy atom. The van der Waals surface area contributed by atoms with Gasteiger partial charge in [0.25, 0.3) is 0 Å². The van der Waals surface area contributed by atoms with Gasteiger partial charge in [0.1, 0.15) is 5.75 Å². The molecule has 0 bridgehead atoms. The van der Waals surface area contributed by atoms with Gasteiger partial charge < -0.3 is 10.1 Å². The molecule has 1 aliphatic carbocycles. The number of aliphatic imine (C=N–C) groups is 1. The molecular weight excluding hydrogens is 416 g/mol. The summed E-state index contributed by atoms with van der Waals surface area (Å²) in [5.74, 6) is 1.81. The summed E-state index contributed by atoms with van der Waals surface area (Å²) in [5, 5.41) is 4.48. The van der Waals surface area contributed by atoms with Gasteiger partial charge in [0.05, 0.1) is 18.3 Å². The zero-order valence-corrected chi connectivity index (χ0v) is 19.1. The molecule has 0 fully saturated rings. The van der Waals surface area contributed by atoms with Gasteiger partial charge in [-0.05, 0) is 73.7 Å². The molecule has 1 N–H and O–H groups in total. The molecule has 0 saturated carbocycles. The van der Waals surface area contributed by atoms with Crippen molar-refractivity contribution in [2.45, 2.75) is 32.2 Å². The minimum atomic E-state index is 0.292. The second-order valence-electron chi connectivity index (χ2n) is 8.53. The lowest BCUT2D eigenvalue weighted by molar-refractivity contribution is 0.340. The van der Waals surface area contributed by atoms with Gasteiger partial charge in [-0.15, -0.1) is 0 Å². The van der Waals surface area contributed by atoms with E-state index in [4.69, 9.17) is 16.3 Å². The zero-order valence-electron chi connectivity index (χ0n) is 18.4. The molecule has 0 radical (unpaired) electrons. The number of aryl methyl sites for hydroxylation is 1. The van der Waals surface area contributed by atoms with Crippen molar-refractivity contribution in [3.05, 3.63) is 100 Å². The lowest BCUT2D eigenvalue weighted by Crippen LogP contribution is -2.29. The number of rotatable bonds is 5. The average molecular weight is 443 g/mol. The van der Waals surface area contributed by atoms with Crippen molar-refractivity contribution in [2.75, 3.05) is 11.9 Å². The van der Waals surface area contributed by atoms with Crippen molar-refractivity contribution < 1.29 is 4.74 Å². The van der Waals surface area contributed by atoms with E-state index in [0.717, 1.165) is 23.4 Å². The van der Waals surface area contributed by atoms with E-state index in [0.29, 0.717) is 29.5 Å². The van der Waals surface area contributed by atoms with Crippen LogP contribution in [0.25, 0.3) is 0 Å². The highest BCUT2D eigenvalue weighted by Gasteiger charge is 2.37. The first-order valence-electron chi connectivity index (χ1n) is 11.2. The van der Waals surface area contributed by atoms with E-state index in [1.165, 1.54) is 22.4 Å².